The zero-order valence-corrected chi connectivity index (χ0v) is 12.4. The smallest absolute Gasteiger partial charge is 0.316 e. The Hall–Kier alpha value is -0.830. The van der Waals surface area contributed by atoms with E-state index in [9.17, 15) is 21.6 Å². The lowest BCUT2D eigenvalue weighted by Gasteiger charge is -2.14. The Balaban J connectivity index is 3.18. The van der Waals surface area contributed by atoms with Gasteiger partial charge in [0.2, 0.25) is 10.0 Å². The molecule has 0 fully saturated rings. The lowest BCUT2D eigenvalue weighted by Crippen LogP contribution is -2.34. The van der Waals surface area contributed by atoms with Crippen LogP contribution in [-0.4, -0.2) is 28.2 Å². The first kappa shape index (κ1) is 17.2. The van der Waals surface area contributed by atoms with Gasteiger partial charge in [0.15, 0.2) is 0 Å². The van der Waals surface area contributed by atoms with Crippen molar-refractivity contribution in [2.75, 3.05) is 13.6 Å². The van der Waals surface area contributed by atoms with Gasteiger partial charge in [0.1, 0.15) is 6.54 Å². The standard InChI is InChI=1S/C11H14ClF3N2O2S/c1-7-8(5-16-2)3-9(12)4-10(7)20(18,19)17-6-11(13,14)15/h3-4,16-17H,5-6H2,1-2H3. The summed E-state index contributed by atoms with van der Waals surface area (Å²) in [6.45, 7) is 0.252. The summed E-state index contributed by atoms with van der Waals surface area (Å²) >= 11 is 5.81. The highest BCUT2D eigenvalue weighted by Crippen LogP contribution is 2.25. The molecule has 2 N–H and O–H groups in total. The summed E-state index contributed by atoms with van der Waals surface area (Å²) in [5.74, 6) is 0. The van der Waals surface area contributed by atoms with E-state index in [1.165, 1.54) is 11.6 Å². The molecular formula is C11H14ClF3N2O2S. The van der Waals surface area contributed by atoms with E-state index in [1.807, 2.05) is 0 Å². The quantitative estimate of drug-likeness (QED) is 0.870. The Kier molecular flexibility index (Phi) is 5.42. The third-order valence-electron chi connectivity index (χ3n) is 2.55. The molecule has 114 valence electrons. The predicted molar refractivity (Wildman–Crippen MR) is 70.2 cm³/mol. The Bertz CT molecular complexity index is 588. The van der Waals surface area contributed by atoms with Crippen molar-refractivity contribution in [1.29, 1.82) is 0 Å². The summed E-state index contributed by atoms with van der Waals surface area (Å²) in [5, 5.41) is 2.98. The van der Waals surface area contributed by atoms with Crippen LogP contribution in [0, 0.1) is 6.92 Å². The maximum absolute atomic E-state index is 12.1. The Morgan fingerprint density at radius 3 is 2.40 bits per heavy atom. The molecule has 1 aromatic carbocycles. The van der Waals surface area contributed by atoms with E-state index >= 15 is 0 Å². The van der Waals surface area contributed by atoms with Crippen LogP contribution in [0.4, 0.5) is 13.2 Å². The van der Waals surface area contributed by atoms with E-state index in [0.717, 1.165) is 6.07 Å². The predicted octanol–water partition coefficient (Wildman–Crippen LogP) is 2.21. The fraction of sp³-hybridized carbons (Fsp3) is 0.455. The van der Waals surface area contributed by atoms with Crippen LogP contribution in [0.5, 0.6) is 0 Å². The molecule has 9 heteroatoms. The second-order valence-corrected chi connectivity index (χ2v) is 6.33. The van der Waals surface area contributed by atoms with Gasteiger partial charge in [-0.1, -0.05) is 11.6 Å². The second kappa shape index (κ2) is 6.30. The Labute approximate surface area is 120 Å². The van der Waals surface area contributed by atoms with Crippen molar-refractivity contribution in [2.45, 2.75) is 24.5 Å². The first-order valence-electron chi connectivity index (χ1n) is 5.57. The lowest BCUT2D eigenvalue weighted by molar-refractivity contribution is -0.121. The van der Waals surface area contributed by atoms with E-state index in [4.69, 9.17) is 11.6 Å². The molecule has 0 unspecified atom stereocenters. The summed E-state index contributed by atoms with van der Waals surface area (Å²) in [5.41, 5.74) is 0.964. The first-order chi connectivity index (χ1) is 9.07. The molecule has 0 aromatic heterocycles. The number of nitrogens with one attached hydrogen (secondary N) is 2. The normalized spacial score (nSPS) is 12.7. The van der Waals surface area contributed by atoms with Gasteiger partial charge in [-0.3, -0.25) is 0 Å². The lowest BCUT2D eigenvalue weighted by atomic mass is 10.1. The molecule has 0 amide bonds. The number of alkyl halides is 3. The van der Waals surface area contributed by atoms with Gasteiger partial charge in [0.05, 0.1) is 4.90 Å². The highest BCUT2D eigenvalue weighted by atomic mass is 35.5. The van der Waals surface area contributed by atoms with Crippen LogP contribution in [0.2, 0.25) is 5.02 Å². The van der Waals surface area contributed by atoms with Crippen molar-refractivity contribution in [3.05, 3.63) is 28.3 Å². The van der Waals surface area contributed by atoms with E-state index < -0.39 is 22.7 Å². The number of halogens is 4. The largest absolute Gasteiger partial charge is 0.402 e. The fourth-order valence-electron chi connectivity index (χ4n) is 1.62. The van der Waals surface area contributed by atoms with Gasteiger partial charge in [-0.05, 0) is 37.2 Å². The molecule has 0 heterocycles. The number of rotatable bonds is 5. The maximum atomic E-state index is 12.1. The average molecular weight is 331 g/mol. The van der Waals surface area contributed by atoms with Crippen LogP contribution in [-0.2, 0) is 16.6 Å². The van der Waals surface area contributed by atoms with Gasteiger partial charge >= 0.3 is 6.18 Å². The van der Waals surface area contributed by atoms with Crippen molar-refractivity contribution in [2.24, 2.45) is 0 Å². The molecule has 0 aliphatic heterocycles. The third-order valence-corrected chi connectivity index (χ3v) is 4.30. The molecule has 0 radical (unpaired) electrons. The molecule has 0 aliphatic carbocycles. The number of hydrogen-bond donors (Lipinski definition) is 2. The zero-order valence-electron chi connectivity index (χ0n) is 10.8. The van der Waals surface area contributed by atoms with Gasteiger partial charge in [-0.2, -0.15) is 13.2 Å². The molecule has 1 rings (SSSR count). The minimum absolute atomic E-state index is 0.147. The Morgan fingerprint density at radius 1 is 1.30 bits per heavy atom. The number of sulfonamides is 1. The van der Waals surface area contributed by atoms with Crippen LogP contribution in [0.15, 0.2) is 17.0 Å². The van der Waals surface area contributed by atoms with Gasteiger partial charge in [-0.25, -0.2) is 13.1 Å². The minimum atomic E-state index is -4.62. The van der Waals surface area contributed by atoms with Crippen molar-refractivity contribution >= 4 is 21.6 Å². The molecular weight excluding hydrogens is 317 g/mol. The molecule has 0 spiro atoms. The summed E-state index contributed by atoms with van der Waals surface area (Å²) in [4.78, 5) is -0.250. The second-order valence-electron chi connectivity index (χ2n) is 4.16. The summed E-state index contributed by atoms with van der Waals surface area (Å²) < 4.78 is 61.7. The van der Waals surface area contributed by atoms with E-state index in [0.29, 0.717) is 17.7 Å². The molecule has 20 heavy (non-hydrogen) atoms. The van der Waals surface area contributed by atoms with Gasteiger partial charge in [0.25, 0.3) is 0 Å². The first-order valence-corrected chi connectivity index (χ1v) is 7.43. The van der Waals surface area contributed by atoms with Gasteiger partial charge in [-0.15, -0.1) is 0 Å². The van der Waals surface area contributed by atoms with Crippen molar-refractivity contribution < 1.29 is 21.6 Å². The van der Waals surface area contributed by atoms with E-state index in [-0.39, 0.29) is 9.92 Å². The fourth-order valence-corrected chi connectivity index (χ4v) is 3.25. The van der Waals surface area contributed by atoms with Crippen LogP contribution >= 0.6 is 11.6 Å². The van der Waals surface area contributed by atoms with Crippen LogP contribution < -0.4 is 10.0 Å². The SMILES string of the molecule is CNCc1cc(Cl)cc(S(=O)(=O)NCC(F)(F)F)c1C. The molecule has 0 saturated carbocycles. The van der Waals surface area contributed by atoms with Gasteiger partial charge in [0, 0.05) is 11.6 Å². The highest BCUT2D eigenvalue weighted by molar-refractivity contribution is 7.89. The number of hydrogen-bond acceptors (Lipinski definition) is 3. The highest BCUT2D eigenvalue weighted by Gasteiger charge is 2.30. The molecule has 4 nitrogen and oxygen atoms in total. The van der Waals surface area contributed by atoms with E-state index in [2.05, 4.69) is 5.32 Å². The Morgan fingerprint density at radius 2 is 1.90 bits per heavy atom. The van der Waals surface area contributed by atoms with Crippen LogP contribution in [0.3, 0.4) is 0 Å². The summed E-state index contributed by atoms with van der Waals surface area (Å²) in [6.07, 6.45) is -4.62. The number of benzene rings is 1. The third kappa shape index (κ3) is 4.62. The molecule has 0 atom stereocenters. The zero-order chi connectivity index (χ0) is 15.6. The van der Waals surface area contributed by atoms with E-state index in [1.54, 1.807) is 13.1 Å². The molecule has 0 saturated heterocycles. The molecule has 0 aliphatic rings. The monoisotopic (exact) mass is 330 g/mol. The topological polar surface area (TPSA) is 58.2 Å². The van der Waals surface area contributed by atoms with Crippen LogP contribution in [0.1, 0.15) is 11.1 Å². The summed E-state index contributed by atoms with van der Waals surface area (Å²) in [6, 6.07) is 2.70. The maximum Gasteiger partial charge on any atom is 0.402 e. The summed E-state index contributed by atoms with van der Waals surface area (Å²) in [7, 11) is -2.61. The average Bonchev–Trinajstić information content (AvgIpc) is 2.30. The van der Waals surface area contributed by atoms with Crippen molar-refractivity contribution in [1.82, 2.24) is 10.0 Å². The van der Waals surface area contributed by atoms with Crippen molar-refractivity contribution in [3.63, 3.8) is 0 Å². The molecule has 1 aromatic rings. The minimum Gasteiger partial charge on any atom is -0.316 e. The van der Waals surface area contributed by atoms with Crippen LogP contribution in [0.25, 0.3) is 0 Å². The van der Waals surface area contributed by atoms with Crippen molar-refractivity contribution in [3.8, 4) is 0 Å². The molecule has 0 bridgehead atoms. The van der Waals surface area contributed by atoms with Gasteiger partial charge < -0.3 is 5.32 Å².